The van der Waals surface area contributed by atoms with Gasteiger partial charge in [-0.2, -0.15) is 0 Å². The maximum atomic E-state index is 14.1. The highest BCUT2D eigenvalue weighted by molar-refractivity contribution is 6.30. The van der Waals surface area contributed by atoms with Gasteiger partial charge in [-0.05, 0) is 48.9 Å². The number of carbonyl (C=O) groups is 2. The lowest BCUT2D eigenvalue weighted by molar-refractivity contribution is -0.144. The summed E-state index contributed by atoms with van der Waals surface area (Å²) in [5.74, 6) is -2.75. The molecule has 0 aliphatic carbocycles. The van der Waals surface area contributed by atoms with E-state index < -0.39 is 23.1 Å². The van der Waals surface area contributed by atoms with Gasteiger partial charge in [-0.1, -0.05) is 31.5 Å². The number of aliphatic carboxylic acids is 1. The van der Waals surface area contributed by atoms with Gasteiger partial charge < -0.3 is 14.9 Å². The molecule has 1 amide bonds. The highest BCUT2D eigenvalue weighted by Crippen LogP contribution is 2.44. The number of carbonyl (C=O) groups excluding carboxylic acids is 1. The average Bonchev–Trinajstić information content (AvgIpc) is 3.15. The molecule has 1 saturated heterocycles. The van der Waals surface area contributed by atoms with Gasteiger partial charge in [0.1, 0.15) is 11.5 Å². The number of nitrogens with zero attached hydrogens (tertiary/aromatic N) is 4. The standard InChI is InChI=1S/C27H26ClFN4O3/c1-27(2)15-33(16-6-7-19(28)20(29)13-16)23-9-8-22(31-24(23)27)25(34)32-12-10-17(18(14-32)26(35)36)21-5-3-4-11-30-21/h3-9,11,13,17-18H,10,12,14-15H2,1-2H3,(H,35,36)/t17-,18?/m0/s1. The fourth-order valence-corrected chi connectivity index (χ4v) is 5.34. The van der Waals surface area contributed by atoms with Crippen molar-refractivity contribution in [1.82, 2.24) is 14.9 Å². The van der Waals surface area contributed by atoms with Gasteiger partial charge in [-0.3, -0.25) is 14.6 Å². The van der Waals surface area contributed by atoms with Crippen molar-refractivity contribution in [3.63, 3.8) is 0 Å². The molecule has 9 heteroatoms. The maximum absolute atomic E-state index is 14.1. The number of pyridine rings is 2. The molecule has 2 aliphatic heterocycles. The van der Waals surface area contributed by atoms with Gasteiger partial charge >= 0.3 is 5.97 Å². The molecule has 2 atom stereocenters. The van der Waals surface area contributed by atoms with E-state index >= 15 is 0 Å². The molecule has 36 heavy (non-hydrogen) atoms. The van der Waals surface area contributed by atoms with Gasteiger partial charge in [0.2, 0.25) is 0 Å². The summed E-state index contributed by atoms with van der Waals surface area (Å²) in [4.78, 5) is 38.1. The van der Waals surface area contributed by atoms with Crippen LogP contribution in [0.3, 0.4) is 0 Å². The summed E-state index contributed by atoms with van der Waals surface area (Å²) in [7, 11) is 0. The Hall–Kier alpha value is -3.52. The number of anilines is 2. The zero-order valence-corrected chi connectivity index (χ0v) is 20.7. The number of likely N-dealkylation sites (tertiary alicyclic amines) is 1. The Bertz CT molecular complexity index is 1330. The van der Waals surface area contributed by atoms with E-state index in [1.165, 1.54) is 12.1 Å². The van der Waals surface area contributed by atoms with Crippen LogP contribution in [0.25, 0.3) is 0 Å². The zero-order chi connectivity index (χ0) is 25.6. The molecule has 1 fully saturated rings. The van der Waals surface area contributed by atoms with Crippen LogP contribution >= 0.6 is 11.6 Å². The first-order valence-corrected chi connectivity index (χ1v) is 12.2. The van der Waals surface area contributed by atoms with Gasteiger partial charge in [-0.15, -0.1) is 0 Å². The van der Waals surface area contributed by atoms with Gasteiger partial charge in [0, 0.05) is 48.5 Å². The quantitative estimate of drug-likeness (QED) is 0.532. The number of carboxylic acid groups (broad SMARTS) is 1. The van der Waals surface area contributed by atoms with Gasteiger partial charge in [0.05, 0.1) is 22.3 Å². The van der Waals surface area contributed by atoms with Crippen molar-refractivity contribution in [3.8, 4) is 0 Å². The molecule has 3 aromatic rings. The summed E-state index contributed by atoms with van der Waals surface area (Å²) in [5.41, 5.74) is 2.81. The van der Waals surface area contributed by atoms with Crippen molar-refractivity contribution in [1.29, 1.82) is 0 Å². The fourth-order valence-electron chi connectivity index (χ4n) is 5.22. The molecule has 1 N–H and O–H groups in total. The van der Waals surface area contributed by atoms with Crippen LogP contribution in [-0.2, 0) is 10.2 Å². The number of carboxylic acids is 1. The molecule has 0 saturated carbocycles. The van der Waals surface area contributed by atoms with Crippen molar-refractivity contribution in [2.45, 2.75) is 31.6 Å². The average molecular weight is 509 g/mol. The van der Waals surface area contributed by atoms with Crippen LogP contribution in [0.2, 0.25) is 5.02 Å². The Labute approximate surface area is 213 Å². The van der Waals surface area contributed by atoms with Crippen LogP contribution in [0.5, 0.6) is 0 Å². The van der Waals surface area contributed by atoms with E-state index in [2.05, 4.69) is 4.98 Å². The molecule has 5 rings (SSSR count). The second kappa shape index (κ2) is 9.17. The van der Waals surface area contributed by atoms with E-state index in [0.29, 0.717) is 25.2 Å². The molecular formula is C27H26ClFN4O3. The molecule has 1 unspecified atom stereocenters. The largest absolute Gasteiger partial charge is 0.481 e. The molecule has 4 heterocycles. The fraction of sp³-hybridized carbons (Fsp3) is 0.333. The van der Waals surface area contributed by atoms with E-state index in [-0.39, 0.29) is 29.1 Å². The summed E-state index contributed by atoms with van der Waals surface area (Å²) in [6.07, 6.45) is 2.16. The van der Waals surface area contributed by atoms with Gasteiger partial charge in [0.25, 0.3) is 5.91 Å². The topological polar surface area (TPSA) is 86.6 Å². The van der Waals surface area contributed by atoms with Crippen molar-refractivity contribution < 1.29 is 19.1 Å². The molecular weight excluding hydrogens is 483 g/mol. The van der Waals surface area contributed by atoms with E-state index in [0.717, 1.165) is 17.1 Å². The van der Waals surface area contributed by atoms with E-state index in [1.807, 2.05) is 36.9 Å². The molecule has 0 spiro atoms. The van der Waals surface area contributed by atoms with Crippen LogP contribution in [0.4, 0.5) is 15.8 Å². The Morgan fingerprint density at radius 3 is 2.67 bits per heavy atom. The highest BCUT2D eigenvalue weighted by Gasteiger charge is 2.40. The van der Waals surface area contributed by atoms with Gasteiger partial charge in [0.15, 0.2) is 0 Å². The number of fused-ring (bicyclic) bond motifs is 1. The van der Waals surface area contributed by atoms with E-state index in [1.54, 1.807) is 29.3 Å². The lowest BCUT2D eigenvalue weighted by Gasteiger charge is -2.36. The second-order valence-electron chi connectivity index (χ2n) is 9.98. The number of benzene rings is 1. The summed E-state index contributed by atoms with van der Waals surface area (Å²) in [6, 6.07) is 13.6. The van der Waals surface area contributed by atoms with Crippen molar-refractivity contribution in [2.24, 2.45) is 5.92 Å². The number of hydrogen-bond acceptors (Lipinski definition) is 5. The van der Waals surface area contributed by atoms with Crippen molar-refractivity contribution in [3.05, 3.63) is 82.6 Å². The maximum Gasteiger partial charge on any atom is 0.308 e. The molecule has 0 radical (unpaired) electrons. The minimum absolute atomic E-state index is 0.0583. The van der Waals surface area contributed by atoms with Crippen LogP contribution in [-0.4, -0.2) is 51.5 Å². The Morgan fingerprint density at radius 1 is 1.17 bits per heavy atom. The lowest BCUT2D eigenvalue weighted by atomic mass is 9.82. The van der Waals surface area contributed by atoms with Crippen LogP contribution < -0.4 is 4.90 Å². The number of halogens is 2. The zero-order valence-electron chi connectivity index (χ0n) is 20.0. The van der Waals surface area contributed by atoms with E-state index in [4.69, 9.17) is 16.6 Å². The summed E-state index contributed by atoms with van der Waals surface area (Å²) in [5, 5.41) is 9.95. The third-order valence-corrected chi connectivity index (χ3v) is 7.38. The first-order valence-electron chi connectivity index (χ1n) is 11.8. The highest BCUT2D eigenvalue weighted by atomic mass is 35.5. The van der Waals surface area contributed by atoms with Crippen LogP contribution in [0.1, 0.15) is 48.1 Å². The Kier molecular flexibility index (Phi) is 6.16. The predicted molar refractivity (Wildman–Crippen MR) is 134 cm³/mol. The number of hydrogen-bond donors (Lipinski definition) is 1. The summed E-state index contributed by atoms with van der Waals surface area (Å²) < 4.78 is 14.1. The van der Waals surface area contributed by atoms with Crippen LogP contribution in [0, 0.1) is 11.7 Å². The van der Waals surface area contributed by atoms with Crippen LogP contribution in [0.15, 0.2) is 54.7 Å². The number of piperidine rings is 1. The minimum Gasteiger partial charge on any atom is -0.481 e. The first kappa shape index (κ1) is 24.2. The first-order chi connectivity index (χ1) is 17.2. The molecule has 0 bridgehead atoms. The smallest absolute Gasteiger partial charge is 0.308 e. The third-order valence-electron chi connectivity index (χ3n) is 7.08. The van der Waals surface area contributed by atoms with Gasteiger partial charge in [-0.25, -0.2) is 9.37 Å². The Morgan fingerprint density at radius 2 is 1.97 bits per heavy atom. The van der Waals surface area contributed by atoms with E-state index in [9.17, 15) is 19.1 Å². The third kappa shape index (κ3) is 4.30. The Balaban J connectivity index is 1.41. The molecule has 2 aromatic heterocycles. The summed E-state index contributed by atoms with van der Waals surface area (Å²) >= 11 is 5.86. The minimum atomic E-state index is -0.947. The number of rotatable bonds is 4. The van der Waals surface area contributed by atoms with Crippen molar-refractivity contribution in [2.75, 3.05) is 24.5 Å². The second-order valence-corrected chi connectivity index (χ2v) is 10.4. The summed E-state index contributed by atoms with van der Waals surface area (Å²) in [6.45, 7) is 5.12. The normalized spacial score (nSPS) is 20.8. The molecule has 7 nitrogen and oxygen atoms in total. The number of aromatic nitrogens is 2. The lowest BCUT2D eigenvalue weighted by Crippen LogP contribution is -2.46. The molecule has 1 aromatic carbocycles. The SMILES string of the molecule is CC1(C)CN(c2ccc(Cl)c(F)c2)c2ccc(C(=O)N3CC[C@H](c4ccccn4)C(C(=O)O)C3)nc21. The monoisotopic (exact) mass is 508 g/mol. The number of amides is 1. The predicted octanol–water partition coefficient (Wildman–Crippen LogP) is 5.03. The molecule has 2 aliphatic rings. The van der Waals surface area contributed by atoms with Crippen molar-refractivity contribution >= 4 is 34.9 Å². The molecule has 186 valence electrons.